The van der Waals surface area contributed by atoms with Gasteiger partial charge in [-0.05, 0) is 48.8 Å². The minimum atomic E-state index is -3.53. The molecule has 1 aliphatic rings. The van der Waals surface area contributed by atoms with Gasteiger partial charge in [0.2, 0.25) is 10.0 Å². The highest BCUT2D eigenvalue weighted by Crippen LogP contribution is 2.25. The molecule has 29 heavy (non-hydrogen) atoms. The minimum absolute atomic E-state index is 0.0802. The number of nitrogens with zero attached hydrogens (tertiary/aromatic N) is 3. The molecular formula is C19H23ClN4O3S2. The number of amides is 1. The first kappa shape index (κ1) is 22.0. The predicted octanol–water partition coefficient (Wildman–Crippen LogP) is 3.91. The van der Waals surface area contributed by atoms with Gasteiger partial charge >= 0.3 is 0 Å². The van der Waals surface area contributed by atoms with Crippen molar-refractivity contribution in [2.75, 3.05) is 24.2 Å². The van der Waals surface area contributed by atoms with Crippen LogP contribution in [0, 0.1) is 5.92 Å². The van der Waals surface area contributed by atoms with Gasteiger partial charge in [-0.15, -0.1) is 0 Å². The summed E-state index contributed by atoms with van der Waals surface area (Å²) in [5, 5.41) is 3.33. The highest BCUT2D eigenvalue weighted by atomic mass is 35.5. The van der Waals surface area contributed by atoms with Crippen LogP contribution in [0.25, 0.3) is 0 Å². The van der Waals surface area contributed by atoms with E-state index in [4.69, 9.17) is 11.6 Å². The maximum absolute atomic E-state index is 12.8. The Balaban J connectivity index is 1.74. The van der Waals surface area contributed by atoms with E-state index >= 15 is 0 Å². The molecule has 1 amide bonds. The molecule has 2 heterocycles. The van der Waals surface area contributed by atoms with E-state index in [2.05, 4.69) is 22.2 Å². The van der Waals surface area contributed by atoms with Crippen LogP contribution in [0.2, 0.25) is 5.02 Å². The standard InChI is InChI=1S/C19H23ClN4O3S2/c1-3-28-19-21-11-16(20)17(23-19)18(25)22-14-6-8-15(9-7-14)29(26,27)24-10-4-5-13(2)12-24/h6-9,11,13H,3-5,10,12H2,1-2H3,(H,22,25)/t13-/m0/s1. The molecule has 1 aromatic heterocycles. The largest absolute Gasteiger partial charge is 0.321 e. The van der Waals surface area contributed by atoms with Crippen molar-refractivity contribution in [1.29, 1.82) is 0 Å². The van der Waals surface area contributed by atoms with E-state index in [9.17, 15) is 13.2 Å². The third kappa shape index (κ3) is 5.28. The van der Waals surface area contributed by atoms with Crippen molar-refractivity contribution >= 4 is 45.0 Å². The van der Waals surface area contributed by atoms with Gasteiger partial charge < -0.3 is 5.32 Å². The van der Waals surface area contributed by atoms with Gasteiger partial charge in [0, 0.05) is 18.8 Å². The first-order valence-corrected chi connectivity index (χ1v) is 12.2. The summed E-state index contributed by atoms with van der Waals surface area (Å²) in [5.41, 5.74) is 0.539. The van der Waals surface area contributed by atoms with Gasteiger partial charge in [0.25, 0.3) is 5.91 Å². The van der Waals surface area contributed by atoms with Crippen molar-refractivity contribution in [1.82, 2.24) is 14.3 Å². The van der Waals surface area contributed by atoms with Gasteiger partial charge in [-0.25, -0.2) is 18.4 Å². The Morgan fingerprint density at radius 3 is 2.72 bits per heavy atom. The van der Waals surface area contributed by atoms with E-state index < -0.39 is 15.9 Å². The molecule has 1 N–H and O–H groups in total. The van der Waals surface area contributed by atoms with Gasteiger partial charge in [0.1, 0.15) is 0 Å². The number of hydrogen-bond acceptors (Lipinski definition) is 6. The number of halogens is 1. The second-order valence-corrected chi connectivity index (χ2v) is 10.4. The van der Waals surface area contributed by atoms with Crippen LogP contribution in [0.5, 0.6) is 0 Å². The normalized spacial score (nSPS) is 17.8. The Hall–Kier alpha value is -1.68. The molecule has 0 radical (unpaired) electrons. The lowest BCUT2D eigenvalue weighted by atomic mass is 10.0. The van der Waals surface area contributed by atoms with Crippen molar-refractivity contribution in [2.24, 2.45) is 5.92 Å². The molecule has 1 atom stereocenters. The molecule has 1 saturated heterocycles. The molecule has 2 aromatic rings. The fraction of sp³-hybridized carbons (Fsp3) is 0.421. The van der Waals surface area contributed by atoms with Crippen LogP contribution < -0.4 is 5.32 Å². The Kier molecular flexibility index (Phi) is 7.15. The zero-order valence-electron chi connectivity index (χ0n) is 16.3. The number of aromatic nitrogens is 2. The second kappa shape index (κ2) is 9.42. The predicted molar refractivity (Wildman–Crippen MR) is 115 cm³/mol. The molecule has 10 heteroatoms. The van der Waals surface area contributed by atoms with Crippen LogP contribution in [-0.4, -0.2) is 47.4 Å². The summed E-state index contributed by atoms with van der Waals surface area (Å²) in [6.07, 6.45) is 3.31. The van der Waals surface area contributed by atoms with Gasteiger partial charge in [0.15, 0.2) is 10.9 Å². The topological polar surface area (TPSA) is 92.3 Å². The Morgan fingerprint density at radius 1 is 1.34 bits per heavy atom. The summed E-state index contributed by atoms with van der Waals surface area (Å²) in [6, 6.07) is 6.14. The molecule has 1 fully saturated rings. The smallest absolute Gasteiger partial charge is 0.275 e. The SMILES string of the molecule is CCSc1ncc(Cl)c(C(=O)Nc2ccc(S(=O)(=O)N3CCC[C@H](C)C3)cc2)n1. The molecule has 0 aliphatic carbocycles. The van der Waals surface area contributed by atoms with Gasteiger partial charge in [-0.2, -0.15) is 4.31 Å². The zero-order chi connectivity index (χ0) is 21.0. The summed E-state index contributed by atoms with van der Waals surface area (Å²) in [6.45, 7) is 5.09. The minimum Gasteiger partial charge on any atom is -0.321 e. The molecule has 0 bridgehead atoms. The molecule has 1 aliphatic heterocycles. The van der Waals surface area contributed by atoms with E-state index in [0.717, 1.165) is 18.6 Å². The van der Waals surface area contributed by atoms with Crippen LogP contribution in [0.4, 0.5) is 5.69 Å². The van der Waals surface area contributed by atoms with E-state index in [1.54, 1.807) is 12.1 Å². The lowest BCUT2D eigenvalue weighted by molar-refractivity contribution is 0.102. The summed E-state index contributed by atoms with van der Waals surface area (Å²) in [5.74, 6) is 0.648. The molecular weight excluding hydrogens is 432 g/mol. The monoisotopic (exact) mass is 454 g/mol. The molecule has 3 rings (SSSR count). The maximum Gasteiger partial charge on any atom is 0.275 e. The van der Waals surface area contributed by atoms with Crippen LogP contribution in [-0.2, 0) is 10.0 Å². The Morgan fingerprint density at radius 2 is 2.07 bits per heavy atom. The zero-order valence-corrected chi connectivity index (χ0v) is 18.6. The van der Waals surface area contributed by atoms with Crippen LogP contribution in [0.3, 0.4) is 0 Å². The summed E-state index contributed by atoms with van der Waals surface area (Å²) in [4.78, 5) is 21.0. The number of sulfonamides is 1. The fourth-order valence-corrected chi connectivity index (χ4v) is 5.44. The maximum atomic E-state index is 12.8. The first-order chi connectivity index (χ1) is 13.8. The van der Waals surface area contributed by atoms with Crippen LogP contribution in [0.15, 0.2) is 40.5 Å². The third-order valence-electron chi connectivity index (χ3n) is 4.58. The number of piperidine rings is 1. The van der Waals surface area contributed by atoms with E-state index in [1.807, 2.05) is 6.92 Å². The van der Waals surface area contributed by atoms with Crippen molar-refractivity contribution in [3.05, 3.63) is 41.2 Å². The number of nitrogens with one attached hydrogen (secondary N) is 1. The van der Waals surface area contributed by atoms with E-state index in [0.29, 0.717) is 29.9 Å². The third-order valence-corrected chi connectivity index (χ3v) is 7.48. The average molecular weight is 455 g/mol. The average Bonchev–Trinajstić information content (AvgIpc) is 2.70. The fourth-order valence-electron chi connectivity index (χ4n) is 3.12. The molecule has 0 saturated carbocycles. The van der Waals surface area contributed by atoms with E-state index in [1.165, 1.54) is 34.4 Å². The van der Waals surface area contributed by atoms with Crippen molar-refractivity contribution in [2.45, 2.75) is 36.7 Å². The number of carbonyl (C=O) groups excluding carboxylic acids is 1. The lowest BCUT2D eigenvalue weighted by Gasteiger charge is -2.30. The number of anilines is 1. The van der Waals surface area contributed by atoms with Gasteiger partial charge in [0.05, 0.1) is 16.1 Å². The highest BCUT2D eigenvalue weighted by Gasteiger charge is 2.28. The number of benzene rings is 1. The number of carbonyl (C=O) groups is 1. The molecule has 7 nitrogen and oxygen atoms in total. The van der Waals surface area contributed by atoms with Crippen LogP contribution in [0.1, 0.15) is 37.2 Å². The summed E-state index contributed by atoms with van der Waals surface area (Å²) >= 11 is 7.47. The molecule has 156 valence electrons. The number of rotatable bonds is 6. The highest BCUT2D eigenvalue weighted by molar-refractivity contribution is 7.99. The summed E-state index contributed by atoms with van der Waals surface area (Å²) in [7, 11) is -3.53. The van der Waals surface area contributed by atoms with E-state index in [-0.39, 0.29) is 15.6 Å². The first-order valence-electron chi connectivity index (χ1n) is 9.38. The van der Waals surface area contributed by atoms with Crippen LogP contribution >= 0.6 is 23.4 Å². The quantitative estimate of drug-likeness (QED) is 0.525. The summed E-state index contributed by atoms with van der Waals surface area (Å²) < 4.78 is 27.2. The molecule has 1 aromatic carbocycles. The molecule has 0 spiro atoms. The number of hydrogen-bond donors (Lipinski definition) is 1. The van der Waals surface area contributed by atoms with Gasteiger partial charge in [-0.3, -0.25) is 4.79 Å². The molecule has 0 unspecified atom stereocenters. The van der Waals surface area contributed by atoms with Crippen molar-refractivity contribution in [3.8, 4) is 0 Å². The lowest BCUT2D eigenvalue weighted by Crippen LogP contribution is -2.39. The van der Waals surface area contributed by atoms with Crippen molar-refractivity contribution < 1.29 is 13.2 Å². The number of thioether (sulfide) groups is 1. The second-order valence-electron chi connectivity index (χ2n) is 6.87. The Labute approximate surface area is 180 Å². The van der Waals surface area contributed by atoms with Gasteiger partial charge in [-0.1, -0.05) is 37.2 Å². The Bertz CT molecular complexity index is 983. The van der Waals surface area contributed by atoms with Crippen molar-refractivity contribution in [3.63, 3.8) is 0 Å².